The van der Waals surface area contributed by atoms with Crippen molar-refractivity contribution in [1.82, 2.24) is 19.8 Å². The number of nitrogens with one attached hydrogen (secondary N) is 1. The number of carbonyl (C=O) groups excluding carboxylic acids is 1. The number of rotatable bonds is 9. The Kier molecular flexibility index (Phi) is 17.5. The van der Waals surface area contributed by atoms with Crippen LogP contribution in [0.2, 0.25) is 10.0 Å². The fourth-order valence-corrected chi connectivity index (χ4v) is 5.08. The Bertz CT molecular complexity index is 1150. The SMILES string of the molecule is CCCn1c(-c2ccccn2)cc(C(=O)NCCCN2CCN(c3cccc(Cl)c3Cl)CC2)c1C.Cl.Cl.Cl.Cl. The summed E-state index contributed by atoms with van der Waals surface area (Å²) in [6, 6.07) is 13.6. The molecule has 6 nitrogen and oxygen atoms in total. The van der Waals surface area contributed by atoms with Crippen molar-refractivity contribution in [2.24, 2.45) is 0 Å². The van der Waals surface area contributed by atoms with Crippen LogP contribution in [0, 0.1) is 6.92 Å². The van der Waals surface area contributed by atoms with Gasteiger partial charge >= 0.3 is 0 Å². The summed E-state index contributed by atoms with van der Waals surface area (Å²) in [5.41, 5.74) is 4.60. The van der Waals surface area contributed by atoms with Crippen LogP contribution in [-0.2, 0) is 6.54 Å². The molecule has 3 heterocycles. The number of aromatic nitrogens is 2. The van der Waals surface area contributed by atoms with E-state index in [-0.39, 0.29) is 55.5 Å². The highest BCUT2D eigenvalue weighted by molar-refractivity contribution is 6.43. The van der Waals surface area contributed by atoms with Crippen LogP contribution in [0.25, 0.3) is 11.4 Å². The van der Waals surface area contributed by atoms with Gasteiger partial charge in [-0.3, -0.25) is 14.7 Å². The number of pyridine rings is 1. The Morgan fingerprint density at radius 3 is 2.33 bits per heavy atom. The van der Waals surface area contributed by atoms with E-state index in [0.29, 0.717) is 16.6 Å². The van der Waals surface area contributed by atoms with Crippen LogP contribution < -0.4 is 10.2 Å². The first-order chi connectivity index (χ1) is 17.0. The number of piperazine rings is 1. The van der Waals surface area contributed by atoms with Crippen LogP contribution in [0.5, 0.6) is 0 Å². The summed E-state index contributed by atoms with van der Waals surface area (Å²) >= 11 is 12.6. The molecule has 0 spiro atoms. The largest absolute Gasteiger partial charge is 0.368 e. The van der Waals surface area contributed by atoms with Crippen LogP contribution in [-0.4, -0.2) is 59.6 Å². The lowest BCUT2D eigenvalue weighted by molar-refractivity contribution is 0.0950. The van der Waals surface area contributed by atoms with E-state index in [1.54, 1.807) is 6.20 Å². The lowest BCUT2D eigenvalue weighted by atomic mass is 10.2. The van der Waals surface area contributed by atoms with E-state index in [2.05, 4.69) is 31.6 Å². The molecule has 0 saturated carbocycles. The van der Waals surface area contributed by atoms with Gasteiger partial charge in [0.15, 0.2) is 0 Å². The van der Waals surface area contributed by atoms with Crippen molar-refractivity contribution in [3.8, 4) is 11.4 Å². The Balaban J connectivity index is 0.00000361. The molecule has 0 atom stereocenters. The molecule has 0 radical (unpaired) electrons. The van der Waals surface area contributed by atoms with E-state index in [0.717, 1.165) is 80.4 Å². The molecule has 0 bridgehead atoms. The van der Waals surface area contributed by atoms with E-state index in [9.17, 15) is 4.79 Å². The van der Waals surface area contributed by atoms with Crippen molar-refractivity contribution < 1.29 is 4.79 Å². The lowest BCUT2D eigenvalue weighted by Gasteiger charge is -2.36. The monoisotopic (exact) mass is 657 g/mol. The second-order valence-corrected chi connectivity index (χ2v) is 9.69. The molecule has 1 fully saturated rings. The van der Waals surface area contributed by atoms with Crippen LogP contribution in [0.4, 0.5) is 5.69 Å². The quantitative estimate of drug-likeness (QED) is 0.247. The van der Waals surface area contributed by atoms with Crippen molar-refractivity contribution in [1.29, 1.82) is 0 Å². The number of amides is 1. The third-order valence-electron chi connectivity index (χ3n) is 6.57. The minimum absolute atomic E-state index is 0. The number of hydrogen-bond acceptors (Lipinski definition) is 4. The number of carbonyl (C=O) groups is 1. The lowest BCUT2D eigenvalue weighted by Crippen LogP contribution is -2.47. The third kappa shape index (κ3) is 9.32. The van der Waals surface area contributed by atoms with E-state index >= 15 is 0 Å². The van der Waals surface area contributed by atoms with Gasteiger partial charge in [-0.15, -0.1) is 49.6 Å². The van der Waals surface area contributed by atoms with Gasteiger partial charge in [0.2, 0.25) is 0 Å². The minimum Gasteiger partial charge on any atom is -0.368 e. The predicted octanol–water partition coefficient (Wildman–Crippen LogP) is 7.20. The summed E-state index contributed by atoms with van der Waals surface area (Å²) in [5.74, 6) is -0.0186. The van der Waals surface area contributed by atoms with Crippen molar-refractivity contribution >= 4 is 84.4 Å². The molecule has 4 rings (SSSR count). The molecule has 1 amide bonds. The fraction of sp³-hybridized carbons (Fsp3) is 0.407. The zero-order valence-corrected chi connectivity index (χ0v) is 26.8. The topological polar surface area (TPSA) is 53.4 Å². The summed E-state index contributed by atoms with van der Waals surface area (Å²) in [6.45, 7) is 10.4. The molecule has 2 aromatic heterocycles. The van der Waals surface area contributed by atoms with Gasteiger partial charge in [-0.25, -0.2) is 0 Å². The number of anilines is 1. The zero-order chi connectivity index (χ0) is 24.8. The van der Waals surface area contributed by atoms with Crippen LogP contribution in [0.3, 0.4) is 0 Å². The van der Waals surface area contributed by atoms with E-state index < -0.39 is 0 Å². The van der Waals surface area contributed by atoms with Gasteiger partial charge in [-0.2, -0.15) is 0 Å². The third-order valence-corrected chi connectivity index (χ3v) is 7.38. The predicted molar refractivity (Wildman–Crippen MR) is 174 cm³/mol. The van der Waals surface area contributed by atoms with Gasteiger partial charge in [0.25, 0.3) is 5.91 Å². The van der Waals surface area contributed by atoms with Crippen LogP contribution in [0.1, 0.15) is 35.8 Å². The Morgan fingerprint density at radius 1 is 0.974 bits per heavy atom. The molecule has 0 unspecified atom stereocenters. The molecule has 1 N–H and O–H groups in total. The molecule has 1 aliphatic rings. The minimum atomic E-state index is -0.0186. The fourth-order valence-electron chi connectivity index (χ4n) is 4.66. The summed E-state index contributed by atoms with van der Waals surface area (Å²) in [4.78, 5) is 22.2. The normalized spacial score (nSPS) is 12.9. The summed E-state index contributed by atoms with van der Waals surface area (Å²) in [5, 5.41) is 4.34. The van der Waals surface area contributed by atoms with Crippen LogP contribution >= 0.6 is 72.8 Å². The second-order valence-electron chi connectivity index (χ2n) is 8.91. The smallest absolute Gasteiger partial charge is 0.253 e. The molecule has 0 aliphatic carbocycles. The number of halogens is 6. The van der Waals surface area contributed by atoms with Crippen LogP contribution in [0.15, 0.2) is 48.7 Å². The van der Waals surface area contributed by atoms with Crippen molar-refractivity contribution in [3.05, 3.63) is 70.0 Å². The molecule has 1 saturated heterocycles. The molecule has 39 heavy (non-hydrogen) atoms. The molecule has 1 aromatic carbocycles. The molecular weight excluding hydrogens is 623 g/mol. The maximum atomic E-state index is 13.0. The molecule has 3 aromatic rings. The Labute approximate surface area is 266 Å². The second kappa shape index (κ2) is 18.1. The van der Waals surface area contributed by atoms with E-state index in [1.165, 1.54) is 0 Å². The molecule has 12 heteroatoms. The van der Waals surface area contributed by atoms with Crippen molar-refractivity contribution in [2.75, 3.05) is 44.2 Å². The van der Waals surface area contributed by atoms with Crippen molar-refractivity contribution in [2.45, 2.75) is 33.2 Å². The number of benzene rings is 1. The highest BCUT2D eigenvalue weighted by Crippen LogP contribution is 2.33. The first kappa shape index (κ1) is 37.6. The number of nitrogens with zero attached hydrogens (tertiary/aromatic N) is 4. The standard InChI is InChI=1S/C27H33Cl2N5O.4ClH/c1-3-13-34-20(2)21(19-25(34)23-9-4-5-11-30-23)27(35)31-12-7-14-32-15-17-33(18-16-32)24-10-6-8-22(28)26(24)29;;;;/h4-6,8-11,19H,3,7,12-18H2,1-2H3,(H,31,35);4*1H. The van der Waals surface area contributed by atoms with Gasteiger partial charge in [-0.1, -0.05) is 42.3 Å². The first-order valence-corrected chi connectivity index (χ1v) is 13.1. The van der Waals surface area contributed by atoms with E-state index in [1.807, 2.05) is 49.4 Å². The van der Waals surface area contributed by atoms with Gasteiger partial charge in [-0.05, 0) is 56.6 Å². The molecule has 218 valence electrons. The maximum Gasteiger partial charge on any atom is 0.253 e. The van der Waals surface area contributed by atoms with Gasteiger partial charge in [0.05, 0.1) is 32.7 Å². The average molecular weight is 660 g/mol. The van der Waals surface area contributed by atoms with Gasteiger partial charge in [0.1, 0.15) is 0 Å². The summed E-state index contributed by atoms with van der Waals surface area (Å²) in [7, 11) is 0. The summed E-state index contributed by atoms with van der Waals surface area (Å²) in [6.07, 6.45) is 3.69. The zero-order valence-electron chi connectivity index (χ0n) is 22.1. The Hall–Kier alpha value is -1.38. The molecule has 1 aliphatic heterocycles. The number of hydrogen-bond donors (Lipinski definition) is 1. The highest BCUT2D eigenvalue weighted by atomic mass is 35.5. The van der Waals surface area contributed by atoms with Crippen molar-refractivity contribution in [3.63, 3.8) is 0 Å². The summed E-state index contributed by atoms with van der Waals surface area (Å²) < 4.78 is 2.20. The van der Waals surface area contributed by atoms with Gasteiger partial charge in [0, 0.05) is 51.2 Å². The maximum absolute atomic E-state index is 13.0. The van der Waals surface area contributed by atoms with E-state index in [4.69, 9.17) is 23.2 Å². The highest BCUT2D eigenvalue weighted by Gasteiger charge is 2.21. The Morgan fingerprint density at radius 2 is 1.69 bits per heavy atom. The molecular formula is C27H37Cl6N5O. The van der Waals surface area contributed by atoms with Gasteiger partial charge < -0.3 is 14.8 Å². The average Bonchev–Trinajstić information content (AvgIpc) is 3.21. The first-order valence-electron chi connectivity index (χ1n) is 12.3.